The number of rotatable bonds is 5. The first-order valence-corrected chi connectivity index (χ1v) is 9.27. The molecule has 2 rings (SSSR count). The number of ether oxygens (including phenoxy) is 1. The molecule has 0 aromatic heterocycles. The highest BCUT2D eigenvalue weighted by Gasteiger charge is 2.36. The lowest BCUT2D eigenvalue weighted by Gasteiger charge is -2.24. The first-order valence-electron chi connectivity index (χ1n) is 7.46. The Bertz CT molecular complexity index is 867. The van der Waals surface area contributed by atoms with Gasteiger partial charge in [-0.25, -0.2) is 0 Å². The van der Waals surface area contributed by atoms with E-state index >= 15 is 0 Å². The van der Waals surface area contributed by atoms with Crippen LogP contribution in [0, 0.1) is 0 Å². The van der Waals surface area contributed by atoms with Crippen LogP contribution in [0.3, 0.4) is 0 Å². The smallest absolute Gasteiger partial charge is 0.420 e. The maximum Gasteiger partial charge on any atom is 0.527 e. The number of para-hydroxylation sites is 1. The van der Waals surface area contributed by atoms with Gasteiger partial charge in [0, 0.05) is 17.2 Å². The van der Waals surface area contributed by atoms with Gasteiger partial charge in [-0.05, 0) is 31.2 Å². The van der Waals surface area contributed by atoms with Crippen LogP contribution in [-0.2, 0) is 14.8 Å². The van der Waals surface area contributed by atoms with Crippen molar-refractivity contribution in [3.05, 3.63) is 59.6 Å². The van der Waals surface area contributed by atoms with E-state index in [-0.39, 0.29) is 11.5 Å². The van der Waals surface area contributed by atoms with Gasteiger partial charge in [-0.3, -0.25) is 0 Å². The highest BCUT2D eigenvalue weighted by molar-refractivity contribution is 7.90. The molecule has 0 heterocycles. The fourth-order valence-electron chi connectivity index (χ4n) is 2.04. The van der Waals surface area contributed by atoms with E-state index in [2.05, 4.69) is 4.40 Å². The maximum atomic E-state index is 12.4. The number of benzene rings is 2. The molecular weight excluding hydrogens is 364 g/mol. The van der Waals surface area contributed by atoms with Crippen LogP contribution in [-0.4, -0.2) is 34.5 Å². The Balaban J connectivity index is 2.44. The van der Waals surface area contributed by atoms with E-state index in [1.54, 1.807) is 37.3 Å². The standard InChI is InChI=1S/C17H18ClN2O4S/c1-3-24-17(21)20(2,15-7-5-4-6-8-15)13-19-25(22,23)16-11-9-14(18)10-12-16/h4-13H,3H2,1-2H3/q+1/b19-13+. The van der Waals surface area contributed by atoms with E-state index in [4.69, 9.17) is 16.3 Å². The van der Waals surface area contributed by atoms with Crippen molar-refractivity contribution >= 4 is 39.7 Å². The van der Waals surface area contributed by atoms with E-state index in [1.165, 1.54) is 31.3 Å². The number of carbonyl (C=O) groups excluding carboxylic acids is 1. The molecule has 25 heavy (non-hydrogen) atoms. The SMILES string of the molecule is CCOC(=O)[N+](C)(/C=N/S(=O)(=O)c1ccc(Cl)cc1)c1ccccc1. The van der Waals surface area contributed by atoms with Gasteiger partial charge >= 0.3 is 6.09 Å². The minimum absolute atomic E-state index is 0.0170. The summed E-state index contributed by atoms with van der Waals surface area (Å²) in [6.07, 6.45) is 0.417. The molecule has 0 radical (unpaired) electrons. The predicted octanol–water partition coefficient (Wildman–Crippen LogP) is 3.85. The van der Waals surface area contributed by atoms with Crippen LogP contribution in [0.5, 0.6) is 0 Å². The second-order valence-electron chi connectivity index (χ2n) is 5.26. The average Bonchev–Trinajstić information content (AvgIpc) is 2.61. The molecule has 0 aliphatic heterocycles. The summed E-state index contributed by atoms with van der Waals surface area (Å²) in [6.45, 7) is 1.84. The van der Waals surface area contributed by atoms with Crippen LogP contribution in [0.25, 0.3) is 0 Å². The van der Waals surface area contributed by atoms with Crippen LogP contribution < -0.4 is 4.48 Å². The Kier molecular flexibility index (Phi) is 5.94. The molecule has 0 saturated carbocycles. The van der Waals surface area contributed by atoms with Crippen molar-refractivity contribution in [1.82, 2.24) is 4.48 Å². The Hall–Kier alpha value is -2.22. The molecule has 0 spiro atoms. The van der Waals surface area contributed by atoms with Crippen molar-refractivity contribution in [3.63, 3.8) is 0 Å². The molecule has 1 unspecified atom stereocenters. The number of amides is 1. The van der Waals surface area contributed by atoms with Crippen LogP contribution >= 0.6 is 11.6 Å². The van der Waals surface area contributed by atoms with Crippen LogP contribution in [0.4, 0.5) is 10.5 Å². The maximum absolute atomic E-state index is 12.4. The van der Waals surface area contributed by atoms with Crippen molar-refractivity contribution in [2.45, 2.75) is 11.8 Å². The van der Waals surface area contributed by atoms with Crippen molar-refractivity contribution in [1.29, 1.82) is 0 Å². The number of nitrogens with zero attached hydrogens (tertiary/aromatic N) is 2. The number of sulfonamides is 1. The zero-order chi connectivity index (χ0) is 18.5. The third-order valence-electron chi connectivity index (χ3n) is 3.47. The molecule has 0 N–H and O–H groups in total. The average molecular weight is 382 g/mol. The van der Waals surface area contributed by atoms with Gasteiger partial charge in [0.1, 0.15) is 5.69 Å². The molecule has 1 amide bonds. The molecule has 2 aromatic carbocycles. The summed E-state index contributed by atoms with van der Waals surface area (Å²) in [6, 6.07) is 14.3. The van der Waals surface area contributed by atoms with Gasteiger partial charge in [0.05, 0.1) is 18.6 Å². The summed E-state index contributed by atoms with van der Waals surface area (Å²) in [5, 5.41) is 0.416. The molecule has 0 aliphatic carbocycles. The van der Waals surface area contributed by atoms with Gasteiger partial charge in [-0.15, -0.1) is 8.88 Å². The van der Waals surface area contributed by atoms with Gasteiger partial charge in [0.2, 0.25) is 6.34 Å². The van der Waals surface area contributed by atoms with Crippen LogP contribution in [0.15, 0.2) is 63.9 Å². The number of halogens is 1. The van der Waals surface area contributed by atoms with E-state index < -0.39 is 20.6 Å². The van der Waals surface area contributed by atoms with Crippen molar-refractivity contribution in [2.75, 3.05) is 13.7 Å². The first kappa shape index (κ1) is 19.1. The zero-order valence-corrected chi connectivity index (χ0v) is 15.4. The monoisotopic (exact) mass is 381 g/mol. The van der Waals surface area contributed by atoms with E-state index in [9.17, 15) is 13.2 Å². The summed E-state index contributed by atoms with van der Waals surface area (Å²) >= 11 is 5.77. The Labute approximate surface area is 152 Å². The molecule has 2 aromatic rings. The number of carbonyl (C=O) groups is 1. The summed E-state index contributed by atoms with van der Waals surface area (Å²) in [5.41, 5.74) is 0.524. The lowest BCUT2D eigenvalue weighted by Crippen LogP contribution is -2.50. The fraction of sp³-hybridized carbons (Fsp3) is 0.176. The van der Waals surface area contributed by atoms with Crippen LogP contribution in [0.2, 0.25) is 5.02 Å². The molecule has 1 atom stereocenters. The highest BCUT2D eigenvalue weighted by Crippen LogP contribution is 2.22. The molecule has 0 fully saturated rings. The van der Waals surface area contributed by atoms with Gasteiger partial charge < -0.3 is 4.74 Å². The van der Waals surface area contributed by atoms with Crippen molar-refractivity contribution in [3.8, 4) is 0 Å². The Morgan fingerprint density at radius 1 is 1.16 bits per heavy atom. The molecule has 8 heteroatoms. The molecule has 6 nitrogen and oxygen atoms in total. The number of hydrogen-bond donors (Lipinski definition) is 0. The zero-order valence-electron chi connectivity index (χ0n) is 13.8. The van der Waals surface area contributed by atoms with Gasteiger partial charge in [0.25, 0.3) is 10.0 Å². The van der Waals surface area contributed by atoms with Crippen LogP contribution in [0.1, 0.15) is 6.92 Å². The van der Waals surface area contributed by atoms with Gasteiger partial charge in [-0.1, -0.05) is 29.8 Å². The summed E-state index contributed by atoms with van der Waals surface area (Å²) < 4.78 is 33.0. The Morgan fingerprint density at radius 2 is 1.76 bits per heavy atom. The largest absolute Gasteiger partial charge is 0.527 e. The molecule has 0 aliphatic rings. The third-order valence-corrected chi connectivity index (χ3v) is 4.96. The van der Waals surface area contributed by atoms with E-state index in [0.29, 0.717) is 10.7 Å². The highest BCUT2D eigenvalue weighted by atomic mass is 35.5. The van der Waals surface area contributed by atoms with Gasteiger partial charge in [0.15, 0.2) is 0 Å². The van der Waals surface area contributed by atoms with Crippen molar-refractivity contribution < 1.29 is 17.9 Å². The lowest BCUT2D eigenvalue weighted by atomic mass is 10.3. The molecular formula is C17H18ClN2O4S+. The van der Waals surface area contributed by atoms with Crippen molar-refractivity contribution in [2.24, 2.45) is 4.40 Å². The molecule has 132 valence electrons. The second-order valence-corrected chi connectivity index (χ2v) is 7.33. The third kappa shape index (κ3) is 4.45. The lowest BCUT2D eigenvalue weighted by molar-refractivity contribution is 0.135. The second kappa shape index (κ2) is 7.77. The summed E-state index contributed by atoms with van der Waals surface area (Å²) in [5.74, 6) is 0. The summed E-state index contributed by atoms with van der Waals surface area (Å²) in [7, 11) is -2.47. The fourth-order valence-corrected chi connectivity index (χ4v) is 3.08. The molecule has 0 saturated heterocycles. The normalized spacial score (nSPS) is 14.2. The quantitative estimate of drug-likeness (QED) is 0.448. The van der Waals surface area contributed by atoms with Gasteiger partial charge in [-0.2, -0.15) is 13.2 Å². The predicted molar refractivity (Wildman–Crippen MR) is 98.3 cm³/mol. The minimum Gasteiger partial charge on any atom is -0.420 e. The first-order chi connectivity index (χ1) is 11.8. The number of hydrogen-bond acceptors (Lipinski definition) is 4. The Morgan fingerprint density at radius 3 is 2.32 bits per heavy atom. The topological polar surface area (TPSA) is 72.8 Å². The minimum atomic E-state index is -3.98. The van der Waals surface area contributed by atoms with E-state index in [0.717, 1.165) is 6.34 Å². The summed E-state index contributed by atoms with van der Waals surface area (Å²) in [4.78, 5) is 12.4. The van der Waals surface area contributed by atoms with E-state index in [1.807, 2.05) is 0 Å². The number of quaternary nitrogens is 1. The molecule has 0 bridgehead atoms.